The molecule has 0 aromatic heterocycles. The smallest absolute Gasteiger partial charge is 0.410 e. The summed E-state index contributed by atoms with van der Waals surface area (Å²) in [6.45, 7) is 10.8. The van der Waals surface area contributed by atoms with Crippen LogP contribution in [0.3, 0.4) is 0 Å². The summed E-state index contributed by atoms with van der Waals surface area (Å²) in [5.74, 6) is 0.210. The highest BCUT2D eigenvalue weighted by atomic mass is 16.6. The number of hydrogen-bond donors (Lipinski definition) is 1. The molecule has 0 spiro atoms. The highest BCUT2D eigenvalue weighted by molar-refractivity contribution is 5.69. The maximum Gasteiger partial charge on any atom is 0.410 e. The second kappa shape index (κ2) is 4.36. The molecule has 0 fully saturated rings. The van der Waals surface area contributed by atoms with Crippen LogP contribution in [0.25, 0.3) is 0 Å². The molecule has 0 saturated heterocycles. The maximum atomic E-state index is 11.9. The molecule has 0 aromatic carbocycles. The number of amides is 1. The summed E-state index contributed by atoms with van der Waals surface area (Å²) in [5, 5.41) is 0. The molecule has 4 heteroatoms. The standard InChI is InChI=1S/C12H22N2O2/c1-8-6-14(7-9(2)10(8)13)11(15)16-12(3,4)5/h8H,6-7,13H2,1-5H3/t8-/m1/s1. The average molecular weight is 226 g/mol. The van der Waals surface area contributed by atoms with E-state index in [0.717, 1.165) is 11.3 Å². The summed E-state index contributed by atoms with van der Waals surface area (Å²) >= 11 is 0. The predicted molar refractivity (Wildman–Crippen MR) is 63.9 cm³/mol. The molecule has 0 saturated carbocycles. The Morgan fingerprint density at radius 2 is 2.06 bits per heavy atom. The molecule has 0 bridgehead atoms. The van der Waals surface area contributed by atoms with Gasteiger partial charge in [0, 0.05) is 24.7 Å². The van der Waals surface area contributed by atoms with Crippen molar-refractivity contribution in [3.8, 4) is 0 Å². The third-order valence-corrected chi connectivity index (χ3v) is 2.60. The predicted octanol–water partition coefficient (Wildman–Crippen LogP) is 2.11. The van der Waals surface area contributed by atoms with Gasteiger partial charge < -0.3 is 15.4 Å². The van der Waals surface area contributed by atoms with Gasteiger partial charge in [-0.25, -0.2) is 4.79 Å². The first kappa shape index (κ1) is 12.9. The van der Waals surface area contributed by atoms with Gasteiger partial charge in [0.15, 0.2) is 0 Å². The van der Waals surface area contributed by atoms with Gasteiger partial charge in [0.1, 0.15) is 5.60 Å². The normalized spacial score (nSPS) is 22.3. The summed E-state index contributed by atoms with van der Waals surface area (Å²) in [6.07, 6.45) is -0.258. The van der Waals surface area contributed by atoms with Crippen molar-refractivity contribution < 1.29 is 9.53 Å². The topological polar surface area (TPSA) is 55.6 Å². The van der Waals surface area contributed by atoms with Crippen LogP contribution in [0.15, 0.2) is 11.3 Å². The van der Waals surface area contributed by atoms with Crippen LogP contribution in [0.5, 0.6) is 0 Å². The van der Waals surface area contributed by atoms with E-state index in [-0.39, 0.29) is 12.0 Å². The first-order valence-electron chi connectivity index (χ1n) is 5.63. The molecule has 4 nitrogen and oxygen atoms in total. The fourth-order valence-corrected chi connectivity index (χ4v) is 1.76. The lowest BCUT2D eigenvalue weighted by Gasteiger charge is -2.33. The number of rotatable bonds is 0. The van der Waals surface area contributed by atoms with Gasteiger partial charge in [-0.3, -0.25) is 0 Å². The fourth-order valence-electron chi connectivity index (χ4n) is 1.76. The van der Waals surface area contributed by atoms with E-state index >= 15 is 0 Å². The van der Waals surface area contributed by atoms with Gasteiger partial charge in [-0.2, -0.15) is 0 Å². The molecule has 1 aliphatic heterocycles. The first-order chi connectivity index (χ1) is 7.20. The quantitative estimate of drug-likeness (QED) is 0.688. The zero-order valence-electron chi connectivity index (χ0n) is 10.8. The minimum atomic E-state index is -0.444. The Kier molecular flexibility index (Phi) is 3.51. The molecule has 0 aliphatic carbocycles. The summed E-state index contributed by atoms with van der Waals surface area (Å²) < 4.78 is 5.33. The van der Waals surface area contributed by atoms with Crippen LogP contribution in [-0.4, -0.2) is 29.7 Å². The van der Waals surface area contributed by atoms with Gasteiger partial charge in [0.05, 0.1) is 0 Å². The lowest BCUT2D eigenvalue weighted by atomic mass is 9.99. The molecule has 0 radical (unpaired) electrons. The van der Waals surface area contributed by atoms with Crippen molar-refractivity contribution in [1.82, 2.24) is 4.90 Å². The Bertz CT molecular complexity index is 315. The maximum absolute atomic E-state index is 11.9. The Labute approximate surface area is 97.4 Å². The molecule has 92 valence electrons. The van der Waals surface area contributed by atoms with E-state index in [1.807, 2.05) is 34.6 Å². The van der Waals surface area contributed by atoms with Crippen LogP contribution in [0.4, 0.5) is 4.79 Å². The molecule has 0 unspecified atom stereocenters. The van der Waals surface area contributed by atoms with Gasteiger partial charge in [-0.15, -0.1) is 0 Å². The summed E-state index contributed by atoms with van der Waals surface area (Å²) in [6, 6.07) is 0. The number of carbonyl (C=O) groups is 1. The molecule has 16 heavy (non-hydrogen) atoms. The third kappa shape index (κ3) is 3.15. The zero-order valence-corrected chi connectivity index (χ0v) is 10.8. The summed E-state index contributed by atoms with van der Waals surface area (Å²) in [4.78, 5) is 13.6. The monoisotopic (exact) mass is 226 g/mol. The number of hydrogen-bond acceptors (Lipinski definition) is 3. The Balaban J connectivity index is 2.68. The molecule has 2 N–H and O–H groups in total. The number of nitrogens with two attached hydrogens (primary N) is 1. The molecular weight excluding hydrogens is 204 g/mol. The van der Waals surface area contributed by atoms with E-state index in [1.165, 1.54) is 0 Å². The second-order valence-electron chi connectivity index (χ2n) is 5.50. The summed E-state index contributed by atoms with van der Waals surface area (Å²) in [5.41, 5.74) is 7.43. The van der Waals surface area contributed by atoms with Crippen LogP contribution in [0.2, 0.25) is 0 Å². The highest BCUT2D eigenvalue weighted by Crippen LogP contribution is 2.21. The van der Waals surface area contributed by atoms with E-state index in [1.54, 1.807) is 4.90 Å². The lowest BCUT2D eigenvalue weighted by Crippen LogP contribution is -2.44. The Morgan fingerprint density at radius 1 is 1.50 bits per heavy atom. The van der Waals surface area contributed by atoms with Gasteiger partial charge in [0.25, 0.3) is 0 Å². The number of nitrogens with zero attached hydrogens (tertiary/aromatic N) is 1. The largest absolute Gasteiger partial charge is 0.444 e. The van der Waals surface area contributed by atoms with Gasteiger partial charge in [-0.05, 0) is 33.3 Å². The number of ether oxygens (including phenoxy) is 1. The van der Waals surface area contributed by atoms with Crippen LogP contribution >= 0.6 is 0 Å². The number of carbonyl (C=O) groups excluding carboxylic acids is 1. The van der Waals surface area contributed by atoms with Crippen LogP contribution < -0.4 is 5.73 Å². The molecular formula is C12H22N2O2. The molecule has 1 atom stereocenters. The fraction of sp³-hybridized carbons (Fsp3) is 0.750. The minimum Gasteiger partial charge on any atom is -0.444 e. The molecule has 1 amide bonds. The van der Waals surface area contributed by atoms with Gasteiger partial charge >= 0.3 is 6.09 Å². The van der Waals surface area contributed by atoms with Crippen molar-refractivity contribution in [3.05, 3.63) is 11.3 Å². The van der Waals surface area contributed by atoms with Crippen LogP contribution in [0, 0.1) is 5.92 Å². The van der Waals surface area contributed by atoms with E-state index in [0.29, 0.717) is 13.1 Å². The SMILES string of the molecule is CC1=C(N)[C@H](C)CN(C(=O)OC(C)(C)C)C1. The van der Waals surface area contributed by atoms with Crippen molar-refractivity contribution in [2.45, 2.75) is 40.2 Å². The van der Waals surface area contributed by atoms with Crippen LogP contribution in [-0.2, 0) is 4.74 Å². The van der Waals surface area contributed by atoms with Crippen molar-refractivity contribution >= 4 is 6.09 Å². The highest BCUT2D eigenvalue weighted by Gasteiger charge is 2.28. The van der Waals surface area contributed by atoms with E-state index in [9.17, 15) is 4.79 Å². The zero-order chi connectivity index (χ0) is 12.5. The average Bonchev–Trinajstić information content (AvgIpc) is 2.10. The first-order valence-corrected chi connectivity index (χ1v) is 5.63. The Hall–Kier alpha value is -1.19. The summed E-state index contributed by atoms with van der Waals surface area (Å²) in [7, 11) is 0. The molecule has 1 heterocycles. The second-order valence-corrected chi connectivity index (χ2v) is 5.50. The van der Waals surface area contributed by atoms with Crippen molar-refractivity contribution in [3.63, 3.8) is 0 Å². The minimum absolute atomic E-state index is 0.210. The molecule has 1 aliphatic rings. The molecule has 0 aromatic rings. The van der Waals surface area contributed by atoms with Gasteiger partial charge in [-0.1, -0.05) is 6.92 Å². The lowest BCUT2D eigenvalue weighted by molar-refractivity contribution is 0.0236. The molecule has 1 rings (SSSR count). The third-order valence-electron chi connectivity index (χ3n) is 2.60. The van der Waals surface area contributed by atoms with Gasteiger partial charge in [0.2, 0.25) is 0 Å². The van der Waals surface area contributed by atoms with Crippen molar-refractivity contribution in [2.24, 2.45) is 11.7 Å². The van der Waals surface area contributed by atoms with Crippen LogP contribution in [0.1, 0.15) is 34.6 Å². The van der Waals surface area contributed by atoms with E-state index < -0.39 is 5.60 Å². The van der Waals surface area contributed by atoms with E-state index in [2.05, 4.69) is 0 Å². The van der Waals surface area contributed by atoms with Crippen molar-refractivity contribution in [2.75, 3.05) is 13.1 Å². The van der Waals surface area contributed by atoms with Crippen molar-refractivity contribution in [1.29, 1.82) is 0 Å². The van der Waals surface area contributed by atoms with E-state index in [4.69, 9.17) is 10.5 Å². The Morgan fingerprint density at radius 3 is 2.50 bits per heavy atom.